The van der Waals surface area contributed by atoms with Crippen molar-refractivity contribution in [3.8, 4) is 0 Å². The molecular weight excluding hydrogens is 372 g/mol. The number of ether oxygens (including phenoxy) is 1. The number of benzene rings is 1. The Kier molecular flexibility index (Phi) is 7.66. The van der Waals surface area contributed by atoms with Gasteiger partial charge in [-0.1, -0.05) is 30.3 Å². The van der Waals surface area contributed by atoms with Gasteiger partial charge in [-0.15, -0.1) is 0 Å². The number of nitrogens with zero attached hydrogens (tertiary/aromatic N) is 2. The molecule has 0 unspecified atom stereocenters. The standard InChI is InChI=1S/C22H34N2O5/c1-15(20(27)16-10-7-6-8-11-16)23(5)19(26)14-18(25)17-12-9-13-24(17)21(28)29-22(2,3)4/h6-8,10-11,15,17-18,20,25,27H,9,12-14H2,1-5H3/t15-,17-,18+,20+/m1/s1. The average Bonchev–Trinajstić information content (AvgIpc) is 3.15. The van der Waals surface area contributed by atoms with Crippen molar-refractivity contribution in [1.82, 2.24) is 9.80 Å². The van der Waals surface area contributed by atoms with Gasteiger partial charge in [0.1, 0.15) is 5.60 Å². The van der Waals surface area contributed by atoms with E-state index in [1.165, 1.54) is 9.80 Å². The molecule has 29 heavy (non-hydrogen) atoms. The van der Waals surface area contributed by atoms with Crippen molar-refractivity contribution in [1.29, 1.82) is 0 Å². The van der Waals surface area contributed by atoms with Gasteiger partial charge in [0.05, 0.1) is 30.7 Å². The number of likely N-dealkylation sites (tertiary alicyclic amines) is 1. The number of rotatable bonds is 6. The lowest BCUT2D eigenvalue weighted by Crippen LogP contribution is -2.47. The first kappa shape index (κ1) is 23.2. The molecule has 0 aliphatic carbocycles. The molecule has 1 heterocycles. The summed E-state index contributed by atoms with van der Waals surface area (Å²) in [5, 5.41) is 21.2. The molecule has 7 heteroatoms. The minimum absolute atomic E-state index is 0.119. The highest BCUT2D eigenvalue weighted by Crippen LogP contribution is 2.26. The van der Waals surface area contributed by atoms with E-state index >= 15 is 0 Å². The third-order valence-corrected chi connectivity index (χ3v) is 5.36. The molecule has 1 fully saturated rings. The molecule has 7 nitrogen and oxygen atoms in total. The van der Waals surface area contributed by atoms with E-state index in [2.05, 4.69) is 0 Å². The summed E-state index contributed by atoms with van der Waals surface area (Å²) in [5.41, 5.74) is 0.112. The van der Waals surface area contributed by atoms with Crippen LogP contribution in [-0.2, 0) is 9.53 Å². The highest BCUT2D eigenvalue weighted by atomic mass is 16.6. The molecule has 0 radical (unpaired) electrons. The van der Waals surface area contributed by atoms with Crippen LogP contribution in [0.5, 0.6) is 0 Å². The van der Waals surface area contributed by atoms with Crippen molar-refractivity contribution in [2.75, 3.05) is 13.6 Å². The Morgan fingerprint density at radius 1 is 1.24 bits per heavy atom. The molecule has 2 rings (SSSR count). The van der Waals surface area contributed by atoms with E-state index in [1.54, 1.807) is 34.7 Å². The highest BCUT2D eigenvalue weighted by molar-refractivity contribution is 5.77. The molecule has 0 bridgehead atoms. The maximum Gasteiger partial charge on any atom is 0.410 e. The zero-order valence-corrected chi connectivity index (χ0v) is 18.0. The summed E-state index contributed by atoms with van der Waals surface area (Å²) in [6, 6.07) is 8.25. The normalized spacial score (nSPS) is 20.1. The van der Waals surface area contributed by atoms with Gasteiger partial charge in [0, 0.05) is 13.6 Å². The predicted octanol–water partition coefficient (Wildman–Crippen LogP) is 2.72. The minimum Gasteiger partial charge on any atom is -0.444 e. The fourth-order valence-electron chi connectivity index (χ4n) is 3.57. The molecule has 4 atom stereocenters. The van der Waals surface area contributed by atoms with Gasteiger partial charge in [-0.3, -0.25) is 4.79 Å². The molecule has 2 amide bonds. The third-order valence-electron chi connectivity index (χ3n) is 5.36. The number of carbonyl (C=O) groups excluding carboxylic acids is 2. The molecule has 1 aliphatic heterocycles. The van der Waals surface area contributed by atoms with Crippen LogP contribution in [0.4, 0.5) is 4.79 Å². The second-order valence-corrected chi connectivity index (χ2v) is 8.76. The van der Waals surface area contributed by atoms with Gasteiger partial charge in [0.15, 0.2) is 0 Å². The molecule has 0 spiro atoms. The van der Waals surface area contributed by atoms with Gasteiger partial charge in [0.2, 0.25) is 5.91 Å². The van der Waals surface area contributed by atoms with Crippen LogP contribution in [-0.4, -0.2) is 69.4 Å². The largest absolute Gasteiger partial charge is 0.444 e. The van der Waals surface area contributed by atoms with Crippen LogP contribution in [0, 0.1) is 0 Å². The Balaban J connectivity index is 1.97. The van der Waals surface area contributed by atoms with Gasteiger partial charge in [-0.05, 0) is 46.1 Å². The van der Waals surface area contributed by atoms with E-state index in [9.17, 15) is 19.8 Å². The van der Waals surface area contributed by atoms with Crippen LogP contribution in [0.25, 0.3) is 0 Å². The van der Waals surface area contributed by atoms with Crippen LogP contribution < -0.4 is 0 Å². The van der Waals surface area contributed by atoms with Gasteiger partial charge >= 0.3 is 6.09 Å². The Morgan fingerprint density at radius 3 is 2.45 bits per heavy atom. The molecular formula is C22H34N2O5. The summed E-state index contributed by atoms with van der Waals surface area (Å²) >= 11 is 0. The van der Waals surface area contributed by atoms with Gasteiger partial charge in [-0.25, -0.2) is 4.79 Å². The van der Waals surface area contributed by atoms with Gasteiger partial charge in [0.25, 0.3) is 0 Å². The number of aliphatic hydroxyl groups is 2. The summed E-state index contributed by atoms with van der Waals surface area (Å²) in [6.07, 6.45) is -1.01. The van der Waals surface area contributed by atoms with E-state index in [1.807, 2.05) is 30.3 Å². The number of aliphatic hydroxyl groups excluding tert-OH is 2. The zero-order valence-electron chi connectivity index (χ0n) is 18.0. The van der Waals surface area contributed by atoms with Crippen molar-refractivity contribution in [3.05, 3.63) is 35.9 Å². The number of hydrogen-bond donors (Lipinski definition) is 2. The number of amides is 2. The van der Waals surface area contributed by atoms with Crippen LogP contribution in [0.2, 0.25) is 0 Å². The van der Waals surface area contributed by atoms with Crippen molar-refractivity contribution < 1.29 is 24.5 Å². The van der Waals surface area contributed by atoms with Crippen LogP contribution in [0.3, 0.4) is 0 Å². The quantitative estimate of drug-likeness (QED) is 0.758. The van der Waals surface area contributed by atoms with E-state index in [-0.39, 0.29) is 12.3 Å². The topological polar surface area (TPSA) is 90.3 Å². The smallest absolute Gasteiger partial charge is 0.410 e. The number of carbonyl (C=O) groups is 2. The summed E-state index contributed by atoms with van der Waals surface area (Å²) in [7, 11) is 1.62. The van der Waals surface area contributed by atoms with Crippen molar-refractivity contribution in [3.63, 3.8) is 0 Å². The maximum absolute atomic E-state index is 12.7. The first-order valence-electron chi connectivity index (χ1n) is 10.2. The molecule has 0 saturated carbocycles. The minimum atomic E-state index is -0.985. The van der Waals surface area contributed by atoms with Crippen molar-refractivity contribution in [2.45, 2.75) is 76.9 Å². The Hall–Kier alpha value is -2.12. The van der Waals surface area contributed by atoms with Crippen LogP contribution >= 0.6 is 0 Å². The summed E-state index contributed by atoms with van der Waals surface area (Å²) in [5.74, 6) is -0.281. The van der Waals surface area contributed by atoms with E-state index in [4.69, 9.17) is 4.74 Å². The fourth-order valence-corrected chi connectivity index (χ4v) is 3.57. The first-order valence-corrected chi connectivity index (χ1v) is 10.2. The number of hydrogen-bond acceptors (Lipinski definition) is 5. The van der Waals surface area contributed by atoms with Crippen molar-refractivity contribution >= 4 is 12.0 Å². The average molecular weight is 407 g/mol. The second-order valence-electron chi connectivity index (χ2n) is 8.76. The summed E-state index contributed by atoms with van der Waals surface area (Å²) < 4.78 is 5.42. The fraction of sp³-hybridized carbons (Fsp3) is 0.636. The molecule has 1 aromatic rings. The lowest BCUT2D eigenvalue weighted by atomic mass is 10.0. The van der Waals surface area contributed by atoms with E-state index in [0.717, 1.165) is 12.0 Å². The Labute approximate surface area is 173 Å². The second kappa shape index (κ2) is 9.59. The van der Waals surface area contributed by atoms with Gasteiger partial charge < -0.3 is 24.7 Å². The monoisotopic (exact) mass is 406 g/mol. The highest BCUT2D eigenvalue weighted by Gasteiger charge is 2.38. The molecule has 1 aromatic carbocycles. The van der Waals surface area contributed by atoms with Gasteiger partial charge in [-0.2, -0.15) is 0 Å². The maximum atomic E-state index is 12.7. The predicted molar refractivity (Wildman–Crippen MR) is 110 cm³/mol. The lowest BCUT2D eigenvalue weighted by molar-refractivity contribution is -0.136. The third kappa shape index (κ3) is 6.18. The van der Waals surface area contributed by atoms with E-state index in [0.29, 0.717) is 13.0 Å². The molecule has 162 valence electrons. The first-order chi connectivity index (χ1) is 13.5. The zero-order chi connectivity index (χ0) is 21.8. The molecule has 1 saturated heterocycles. The molecule has 1 aliphatic rings. The van der Waals surface area contributed by atoms with Crippen LogP contribution in [0.1, 0.15) is 58.6 Å². The lowest BCUT2D eigenvalue weighted by Gasteiger charge is -2.33. The van der Waals surface area contributed by atoms with Crippen LogP contribution in [0.15, 0.2) is 30.3 Å². The van der Waals surface area contributed by atoms with E-state index < -0.39 is 36.0 Å². The summed E-state index contributed by atoms with van der Waals surface area (Å²) in [6.45, 7) is 7.66. The molecule has 2 N–H and O–H groups in total. The van der Waals surface area contributed by atoms with Crippen molar-refractivity contribution in [2.24, 2.45) is 0 Å². The number of likely N-dealkylation sites (N-methyl/N-ethyl adjacent to an activating group) is 1. The molecule has 0 aromatic heterocycles. The Morgan fingerprint density at radius 2 is 1.86 bits per heavy atom. The summed E-state index contributed by atoms with van der Waals surface area (Å²) in [4.78, 5) is 28.1. The Bertz CT molecular complexity index is 688. The SMILES string of the molecule is C[C@H]([C@H](O)c1ccccc1)N(C)C(=O)C[C@H](O)[C@H]1CCCN1C(=O)OC(C)(C)C.